The minimum absolute atomic E-state index is 0.0641. The molecular formula is C12H15N3OS. The zero-order chi connectivity index (χ0) is 12.3. The molecule has 0 spiro atoms. The molecule has 0 aliphatic rings. The molecule has 0 saturated carbocycles. The fourth-order valence-electron chi connectivity index (χ4n) is 1.66. The second-order valence-corrected chi connectivity index (χ2v) is 4.61. The standard InChI is InChI=1S/C12H15N3OS/c1-3-8-11(9(4-2)15-14-8)13-12(16)10-6-5-7-17-10/h5-7H,3-4H2,1-2H3,(H,13,16)(H,14,15). The molecule has 2 aromatic rings. The third kappa shape index (κ3) is 2.39. The number of rotatable bonds is 4. The minimum atomic E-state index is -0.0641. The molecule has 0 atom stereocenters. The van der Waals surface area contributed by atoms with Gasteiger partial charge in [0.15, 0.2) is 0 Å². The SMILES string of the molecule is CCc1n[nH]c(CC)c1NC(=O)c1cccs1. The maximum absolute atomic E-state index is 12.0. The second kappa shape index (κ2) is 5.14. The van der Waals surface area contributed by atoms with Crippen LogP contribution in [0.5, 0.6) is 0 Å². The van der Waals surface area contributed by atoms with Crippen molar-refractivity contribution in [2.24, 2.45) is 0 Å². The number of aromatic nitrogens is 2. The summed E-state index contributed by atoms with van der Waals surface area (Å²) in [6, 6.07) is 3.69. The fraction of sp³-hybridized carbons (Fsp3) is 0.333. The highest BCUT2D eigenvalue weighted by Crippen LogP contribution is 2.21. The van der Waals surface area contributed by atoms with Crippen LogP contribution in [0.25, 0.3) is 0 Å². The quantitative estimate of drug-likeness (QED) is 0.875. The Morgan fingerprint density at radius 1 is 1.47 bits per heavy atom. The van der Waals surface area contributed by atoms with Crippen LogP contribution in [-0.2, 0) is 12.8 Å². The monoisotopic (exact) mass is 249 g/mol. The van der Waals surface area contributed by atoms with Crippen molar-refractivity contribution in [2.45, 2.75) is 26.7 Å². The number of thiophene rings is 1. The third-order valence-corrected chi connectivity index (χ3v) is 3.46. The molecule has 2 rings (SSSR count). The van der Waals surface area contributed by atoms with Crippen LogP contribution < -0.4 is 5.32 Å². The topological polar surface area (TPSA) is 57.8 Å². The number of carbonyl (C=O) groups is 1. The Morgan fingerprint density at radius 3 is 2.88 bits per heavy atom. The van der Waals surface area contributed by atoms with Crippen molar-refractivity contribution >= 4 is 22.9 Å². The number of amides is 1. The van der Waals surface area contributed by atoms with Gasteiger partial charge in [0, 0.05) is 0 Å². The highest BCUT2D eigenvalue weighted by molar-refractivity contribution is 7.12. The zero-order valence-corrected chi connectivity index (χ0v) is 10.7. The number of nitrogens with zero attached hydrogens (tertiary/aromatic N) is 1. The predicted molar refractivity (Wildman–Crippen MR) is 69.6 cm³/mol. The molecule has 0 aromatic carbocycles. The maximum atomic E-state index is 12.0. The van der Waals surface area contributed by atoms with Gasteiger partial charge in [0.2, 0.25) is 0 Å². The summed E-state index contributed by atoms with van der Waals surface area (Å²) in [6.07, 6.45) is 1.63. The van der Waals surface area contributed by atoms with Crippen LogP contribution in [0.15, 0.2) is 17.5 Å². The van der Waals surface area contributed by atoms with Gasteiger partial charge < -0.3 is 5.32 Å². The number of anilines is 1. The van der Waals surface area contributed by atoms with E-state index in [2.05, 4.69) is 15.5 Å². The van der Waals surface area contributed by atoms with Gasteiger partial charge in [-0.05, 0) is 24.3 Å². The lowest BCUT2D eigenvalue weighted by Crippen LogP contribution is -2.12. The Kier molecular flexibility index (Phi) is 3.58. The molecule has 0 unspecified atom stereocenters. The number of carbonyl (C=O) groups excluding carboxylic acids is 1. The largest absolute Gasteiger partial charge is 0.318 e. The number of nitrogens with one attached hydrogen (secondary N) is 2. The summed E-state index contributed by atoms with van der Waals surface area (Å²) in [5.41, 5.74) is 2.73. The van der Waals surface area contributed by atoms with E-state index >= 15 is 0 Å². The van der Waals surface area contributed by atoms with E-state index in [0.29, 0.717) is 0 Å². The fourth-order valence-corrected chi connectivity index (χ4v) is 2.28. The van der Waals surface area contributed by atoms with Gasteiger partial charge in [-0.15, -0.1) is 11.3 Å². The number of H-pyrrole nitrogens is 1. The zero-order valence-electron chi connectivity index (χ0n) is 9.91. The van der Waals surface area contributed by atoms with E-state index in [4.69, 9.17) is 0 Å². The Balaban J connectivity index is 2.23. The summed E-state index contributed by atoms with van der Waals surface area (Å²) in [7, 11) is 0. The van der Waals surface area contributed by atoms with Crippen molar-refractivity contribution in [3.05, 3.63) is 33.8 Å². The summed E-state index contributed by atoms with van der Waals surface area (Å²) < 4.78 is 0. The Morgan fingerprint density at radius 2 is 2.29 bits per heavy atom. The molecular weight excluding hydrogens is 234 g/mol. The van der Waals surface area contributed by atoms with Crippen molar-refractivity contribution in [1.82, 2.24) is 10.2 Å². The molecule has 0 radical (unpaired) electrons. The van der Waals surface area contributed by atoms with Gasteiger partial charge in [0.05, 0.1) is 22.0 Å². The average Bonchev–Trinajstić information content (AvgIpc) is 2.97. The normalized spacial score (nSPS) is 10.5. The van der Waals surface area contributed by atoms with Crippen LogP contribution in [0.2, 0.25) is 0 Å². The molecule has 4 nitrogen and oxygen atoms in total. The molecule has 90 valence electrons. The minimum Gasteiger partial charge on any atom is -0.318 e. The number of aromatic amines is 1. The molecule has 0 aliphatic heterocycles. The van der Waals surface area contributed by atoms with E-state index < -0.39 is 0 Å². The molecule has 0 fully saturated rings. The second-order valence-electron chi connectivity index (χ2n) is 3.66. The van der Waals surface area contributed by atoms with Gasteiger partial charge in [0.25, 0.3) is 5.91 Å². The smallest absolute Gasteiger partial charge is 0.265 e. The predicted octanol–water partition coefficient (Wildman–Crippen LogP) is 2.85. The number of hydrogen-bond acceptors (Lipinski definition) is 3. The van der Waals surface area contributed by atoms with Crippen molar-refractivity contribution in [1.29, 1.82) is 0 Å². The van der Waals surface area contributed by atoms with E-state index in [1.807, 2.05) is 31.4 Å². The summed E-state index contributed by atoms with van der Waals surface area (Å²) in [4.78, 5) is 12.7. The van der Waals surface area contributed by atoms with E-state index in [1.54, 1.807) is 0 Å². The number of hydrogen-bond donors (Lipinski definition) is 2. The van der Waals surface area contributed by atoms with Crippen LogP contribution in [-0.4, -0.2) is 16.1 Å². The van der Waals surface area contributed by atoms with Crippen LogP contribution in [0, 0.1) is 0 Å². The van der Waals surface area contributed by atoms with Crippen molar-refractivity contribution < 1.29 is 4.79 Å². The van der Waals surface area contributed by atoms with Crippen LogP contribution in [0.1, 0.15) is 34.9 Å². The lowest BCUT2D eigenvalue weighted by atomic mass is 10.2. The Hall–Kier alpha value is -1.62. The lowest BCUT2D eigenvalue weighted by Gasteiger charge is -2.05. The van der Waals surface area contributed by atoms with Crippen LogP contribution >= 0.6 is 11.3 Å². The average molecular weight is 249 g/mol. The van der Waals surface area contributed by atoms with E-state index in [-0.39, 0.29) is 5.91 Å². The molecule has 1 amide bonds. The molecule has 0 saturated heterocycles. The Bertz CT molecular complexity index is 480. The summed E-state index contributed by atoms with van der Waals surface area (Å²) in [5, 5.41) is 12.0. The highest BCUT2D eigenvalue weighted by atomic mass is 32.1. The van der Waals surface area contributed by atoms with Crippen LogP contribution in [0.3, 0.4) is 0 Å². The van der Waals surface area contributed by atoms with Gasteiger partial charge in [-0.3, -0.25) is 9.89 Å². The Labute approximate surface area is 104 Å². The van der Waals surface area contributed by atoms with Gasteiger partial charge in [-0.25, -0.2) is 0 Å². The molecule has 2 heterocycles. The highest BCUT2D eigenvalue weighted by Gasteiger charge is 2.14. The van der Waals surface area contributed by atoms with Gasteiger partial charge >= 0.3 is 0 Å². The van der Waals surface area contributed by atoms with Crippen molar-refractivity contribution in [2.75, 3.05) is 5.32 Å². The summed E-state index contributed by atoms with van der Waals surface area (Å²) >= 11 is 1.44. The molecule has 0 bridgehead atoms. The summed E-state index contributed by atoms with van der Waals surface area (Å²) in [6.45, 7) is 4.06. The third-order valence-electron chi connectivity index (χ3n) is 2.59. The van der Waals surface area contributed by atoms with E-state index in [1.165, 1.54) is 11.3 Å². The van der Waals surface area contributed by atoms with Gasteiger partial charge in [-0.2, -0.15) is 5.10 Å². The first-order chi connectivity index (χ1) is 8.26. The molecule has 5 heteroatoms. The number of aryl methyl sites for hydroxylation is 2. The first kappa shape index (κ1) is 11.9. The van der Waals surface area contributed by atoms with E-state index in [0.717, 1.165) is 34.8 Å². The lowest BCUT2D eigenvalue weighted by molar-refractivity contribution is 0.103. The molecule has 2 N–H and O–H groups in total. The first-order valence-electron chi connectivity index (χ1n) is 5.67. The van der Waals surface area contributed by atoms with Gasteiger partial charge in [-0.1, -0.05) is 19.9 Å². The van der Waals surface area contributed by atoms with Crippen molar-refractivity contribution in [3.63, 3.8) is 0 Å². The first-order valence-corrected chi connectivity index (χ1v) is 6.55. The van der Waals surface area contributed by atoms with Crippen molar-refractivity contribution in [3.8, 4) is 0 Å². The maximum Gasteiger partial charge on any atom is 0.265 e. The van der Waals surface area contributed by atoms with E-state index in [9.17, 15) is 4.79 Å². The summed E-state index contributed by atoms with van der Waals surface area (Å²) in [5.74, 6) is -0.0641. The van der Waals surface area contributed by atoms with Gasteiger partial charge in [0.1, 0.15) is 0 Å². The molecule has 2 aromatic heterocycles. The van der Waals surface area contributed by atoms with Crippen LogP contribution in [0.4, 0.5) is 5.69 Å². The molecule has 17 heavy (non-hydrogen) atoms. The molecule has 0 aliphatic carbocycles.